The van der Waals surface area contributed by atoms with E-state index in [1.54, 1.807) is 26.0 Å². The van der Waals surface area contributed by atoms with Gasteiger partial charge >= 0.3 is 0 Å². The highest BCUT2D eigenvalue weighted by molar-refractivity contribution is 5.80. The first-order valence-corrected chi connectivity index (χ1v) is 9.74. The minimum absolute atomic E-state index is 0.0391. The van der Waals surface area contributed by atoms with Crippen LogP contribution in [-0.2, 0) is 12.8 Å². The van der Waals surface area contributed by atoms with Crippen molar-refractivity contribution in [2.75, 3.05) is 21.3 Å². The van der Waals surface area contributed by atoms with Gasteiger partial charge in [0.15, 0.2) is 11.5 Å². The van der Waals surface area contributed by atoms with Gasteiger partial charge in [0, 0.05) is 12.0 Å². The Morgan fingerprint density at radius 3 is 2.39 bits per heavy atom. The van der Waals surface area contributed by atoms with Crippen molar-refractivity contribution in [3.63, 3.8) is 0 Å². The zero-order valence-corrected chi connectivity index (χ0v) is 17.5. The second-order valence-electron chi connectivity index (χ2n) is 8.39. The van der Waals surface area contributed by atoms with Crippen molar-refractivity contribution >= 4 is 5.91 Å². The van der Waals surface area contributed by atoms with Gasteiger partial charge in [0.2, 0.25) is 11.7 Å². The molecule has 28 heavy (non-hydrogen) atoms. The number of hydrogen-bond acceptors (Lipinski definition) is 5. The Kier molecular flexibility index (Phi) is 4.40. The van der Waals surface area contributed by atoms with Gasteiger partial charge in [-0.3, -0.25) is 4.79 Å². The molecular formula is C22H28N2O4. The van der Waals surface area contributed by atoms with Crippen LogP contribution < -0.4 is 14.2 Å². The Morgan fingerprint density at radius 1 is 1.18 bits per heavy atom. The van der Waals surface area contributed by atoms with E-state index in [1.807, 2.05) is 19.1 Å². The molecule has 1 heterocycles. The summed E-state index contributed by atoms with van der Waals surface area (Å²) in [6, 6.07) is 3.79. The van der Waals surface area contributed by atoms with E-state index in [4.69, 9.17) is 14.2 Å². The molecule has 0 unspecified atom stereocenters. The van der Waals surface area contributed by atoms with Gasteiger partial charge in [-0.05, 0) is 54.7 Å². The van der Waals surface area contributed by atoms with E-state index in [2.05, 4.69) is 18.9 Å². The van der Waals surface area contributed by atoms with E-state index in [-0.39, 0.29) is 5.91 Å². The van der Waals surface area contributed by atoms with Crippen LogP contribution in [0.1, 0.15) is 53.5 Å². The summed E-state index contributed by atoms with van der Waals surface area (Å²) in [5, 5.41) is 4.58. The third-order valence-electron chi connectivity index (χ3n) is 6.57. The lowest BCUT2D eigenvalue weighted by atomic mass is 9.98. The highest BCUT2D eigenvalue weighted by Crippen LogP contribution is 2.70. The van der Waals surface area contributed by atoms with Crippen LogP contribution in [0.15, 0.2) is 12.1 Å². The summed E-state index contributed by atoms with van der Waals surface area (Å²) in [6.45, 7) is 6.65. The van der Waals surface area contributed by atoms with Crippen LogP contribution in [0, 0.1) is 18.3 Å². The predicted octanol–water partition coefficient (Wildman–Crippen LogP) is 3.79. The summed E-state index contributed by atoms with van der Waals surface area (Å²) in [4.78, 5) is 12.9. The molecule has 1 aromatic heterocycles. The number of rotatable bonds is 6. The van der Waals surface area contributed by atoms with Crippen LogP contribution in [0.3, 0.4) is 0 Å². The Morgan fingerprint density at radius 2 is 1.82 bits per heavy atom. The van der Waals surface area contributed by atoms with Gasteiger partial charge in [-0.15, -0.1) is 0 Å². The third-order valence-corrected chi connectivity index (χ3v) is 6.57. The van der Waals surface area contributed by atoms with Crippen molar-refractivity contribution in [2.24, 2.45) is 11.3 Å². The van der Waals surface area contributed by atoms with E-state index >= 15 is 0 Å². The number of nitrogens with zero attached hydrogens (tertiary/aromatic N) is 2. The topological polar surface area (TPSA) is 62.6 Å². The molecule has 150 valence electrons. The second kappa shape index (κ2) is 6.54. The molecule has 2 aromatic rings. The fourth-order valence-electron chi connectivity index (χ4n) is 4.94. The molecule has 2 aliphatic rings. The van der Waals surface area contributed by atoms with Crippen molar-refractivity contribution in [1.82, 2.24) is 9.78 Å². The molecule has 2 atom stereocenters. The van der Waals surface area contributed by atoms with Crippen molar-refractivity contribution in [3.05, 3.63) is 34.6 Å². The largest absolute Gasteiger partial charge is 0.493 e. The molecule has 4 rings (SSSR count). The minimum atomic E-state index is 0.0391. The van der Waals surface area contributed by atoms with Crippen LogP contribution in [-0.4, -0.2) is 37.0 Å². The smallest absolute Gasteiger partial charge is 0.247 e. The number of methoxy groups -OCH3 is 3. The molecular weight excluding hydrogens is 356 g/mol. The lowest BCUT2D eigenvalue weighted by Gasteiger charge is -2.14. The van der Waals surface area contributed by atoms with Crippen molar-refractivity contribution < 1.29 is 19.0 Å². The highest BCUT2D eigenvalue weighted by atomic mass is 16.5. The first kappa shape index (κ1) is 18.8. The van der Waals surface area contributed by atoms with Crippen molar-refractivity contribution in [1.29, 1.82) is 0 Å². The number of aromatic nitrogens is 2. The number of fused-ring (bicyclic) bond motifs is 3. The zero-order valence-electron chi connectivity index (χ0n) is 17.5. The summed E-state index contributed by atoms with van der Waals surface area (Å²) in [5.41, 5.74) is 4.77. The first-order valence-electron chi connectivity index (χ1n) is 9.74. The second-order valence-corrected chi connectivity index (χ2v) is 8.39. The molecule has 0 saturated heterocycles. The van der Waals surface area contributed by atoms with E-state index in [0.29, 0.717) is 47.3 Å². The van der Waals surface area contributed by atoms with Crippen LogP contribution in [0.2, 0.25) is 0 Å². The Labute approximate surface area is 165 Å². The molecule has 1 fully saturated rings. The predicted molar refractivity (Wildman–Crippen MR) is 106 cm³/mol. The summed E-state index contributed by atoms with van der Waals surface area (Å²) in [7, 11) is 4.76. The average molecular weight is 384 g/mol. The van der Waals surface area contributed by atoms with E-state index < -0.39 is 0 Å². The van der Waals surface area contributed by atoms with Gasteiger partial charge in [0.1, 0.15) is 0 Å². The highest BCUT2D eigenvalue weighted by Gasteiger charge is 2.64. The first-order chi connectivity index (χ1) is 13.3. The van der Waals surface area contributed by atoms with Crippen LogP contribution in [0.25, 0.3) is 0 Å². The molecule has 0 aliphatic heterocycles. The van der Waals surface area contributed by atoms with Gasteiger partial charge in [-0.25, -0.2) is 4.68 Å². The molecule has 6 nitrogen and oxygen atoms in total. The van der Waals surface area contributed by atoms with E-state index in [0.717, 1.165) is 23.4 Å². The fraction of sp³-hybridized carbons (Fsp3) is 0.545. The molecule has 0 spiro atoms. The minimum Gasteiger partial charge on any atom is -0.493 e. The van der Waals surface area contributed by atoms with Crippen molar-refractivity contribution in [2.45, 2.75) is 46.0 Å². The molecule has 0 N–H and O–H groups in total. The molecule has 0 radical (unpaired) electrons. The van der Waals surface area contributed by atoms with Crippen molar-refractivity contribution in [3.8, 4) is 17.2 Å². The summed E-state index contributed by atoms with van der Waals surface area (Å²) < 4.78 is 17.8. The fourth-order valence-corrected chi connectivity index (χ4v) is 4.94. The maximum atomic E-state index is 12.9. The lowest BCUT2D eigenvalue weighted by Crippen LogP contribution is -2.17. The summed E-state index contributed by atoms with van der Waals surface area (Å²) >= 11 is 0. The normalized spacial score (nSPS) is 21.1. The van der Waals surface area contributed by atoms with Gasteiger partial charge in [0.25, 0.3) is 0 Å². The van der Waals surface area contributed by atoms with Gasteiger partial charge in [-0.2, -0.15) is 5.10 Å². The average Bonchev–Trinajstić information content (AvgIpc) is 3.02. The quantitative estimate of drug-likeness (QED) is 0.758. The molecule has 2 aliphatic carbocycles. The SMILES string of the molecule is COc1cc(CCC(=O)n2nc(C)c3c2C[C@@H]2[C@H]3C2(C)C)cc(OC)c1OC. The van der Waals surface area contributed by atoms with Gasteiger partial charge in [0.05, 0.1) is 32.7 Å². The Hall–Kier alpha value is -2.50. The molecule has 1 saturated carbocycles. The number of carbonyl (C=O) groups is 1. The summed E-state index contributed by atoms with van der Waals surface area (Å²) in [6.07, 6.45) is 1.93. The number of benzene rings is 1. The monoisotopic (exact) mass is 384 g/mol. The number of ether oxygens (including phenoxy) is 3. The van der Waals surface area contributed by atoms with E-state index in [9.17, 15) is 4.79 Å². The van der Waals surface area contributed by atoms with Crippen LogP contribution >= 0.6 is 0 Å². The Balaban J connectivity index is 1.52. The lowest BCUT2D eigenvalue weighted by molar-refractivity contribution is 0.0882. The molecule has 0 bridgehead atoms. The van der Waals surface area contributed by atoms with Gasteiger partial charge in [-0.1, -0.05) is 13.8 Å². The summed E-state index contributed by atoms with van der Waals surface area (Å²) in [5.74, 6) is 3.03. The number of carbonyl (C=O) groups excluding carboxylic acids is 1. The Bertz CT molecular complexity index is 919. The number of aryl methyl sites for hydroxylation is 2. The molecule has 6 heteroatoms. The third kappa shape index (κ3) is 2.69. The maximum absolute atomic E-state index is 12.9. The number of hydrogen-bond donors (Lipinski definition) is 0. The standard InChI is InChI=1S/C22H28N2O4/c1-12-19-15(11-14-20(19)22(14,2)3)24(23-12)18(25)8-7-13-9-16(26-4)21(28-6)17(10-13)27-5/h9-10,14,20H,7-8,11H2,1-6H3/t14-,20-/m1/s1. The zero-order chi connectivity index (χ0) is 20.2. The van der Waals surface area contributed by atoms with E-state index in [1.165, 1.54) is 5.56 Å². The maximum Gasteiger partial charge on any atom is 0.247 e. The molecule has 1 aromatic carbocycles. The molecule has 0 amide bonds. The van der Waals surface area contributed by atoms with Crippen LogP contribution in [0.4, 0.5) is 0 Å². The van der Waals surface area contributed by atoms with Gasteiger partial charge < -0.3 is 14.2 Å². The van der Waals surface area contributed by atoms with Crippen LogP contribution in [0.5, 0.6) is 17.2 Å².